The quantitative estimate of drug-likeness (QED) is 0.677. The van der Waals surface area contributed by atoms with Crippen molar-refractivity contribution in [3.8, 4) is 0 Å². The molecule has 1 nitrogen and oxygen atoms in total. The summed E-state index contributed by atoms with van der Waals surface area (Å²) in [7, 11) is 0. The summed E-state index contributed by atoms with van der Waals surface area (Å²) in [4.78, 5) is 0. The first-order valence-corrected chi connectivity index (χ1v) is 7.09. The highest BCUT2D eigenvalue weighted by atomic mass is 19.1. The van der Waals surface area contributed by atoms with E-state index in [-0.39, 0.29) is 5.82 Å². The Bertz CT molecular complexity index is 318. The summed E-state index contributed by atoms with van der Waals surface area (Å²) in [5.74, 6) is 1.07. The minimum absolute atomic E-state index is 0.150. The van der Waals surface area contributed by atoms with Crippen LogP contribution in [0.2, 0.25) is 0 Å². The second-order valence-electron chi connectivity index (χ2n) is 5.42. The van der Waals surface area contributed by atoms with Crippen molar-refractivity contribution in [1.82, 2.24) is 5.32 Å². The van der Waals surface area contributed by atoms with Crippen molar-refractivity contribution in [1.29, 1.82) is 0 Å². The molecule has 0 aliphatic carbocycles. The van der Waals surface area contributed by atoms with Gasteiger partial charge in [-0.15, -0.1) is 0 Å². The molecule has 18 heavy (non-hydrogen) atoms. The number of hydrogen-bond donors (Lipinski definition) is 1. The summed E-state index contributed by atoms with van der Waals surface area (Å²) in [5.41, 5.74) is 1.25. The maximum Gasteiger partial charge on any atom is 0.123 e. The SMILES string of the molecule is CCCNCC(CCC(C)C)c1ccc(F)cc1. The van der Waals surface area contributed by atoms with Gasteiger partial charge < -0.3 is 5.32 Å². The summed E-state index contributed by atoms with van der Waals surface area (Å²) in [6.45, 7) is 8.72. The van der Waals surface area contributed by atoms with Crippen LogP contribution in [0.1, 0.15) is 51.5 Å². The molecule has 102 valence electrons. The molecule has 1 aromatic rings. The Morgan fingerprint density at radius 2 is 1.78 bits per heavy atom. The third-order valence-electron chi connectivity index (χ3n) is 3.25. The molecule has 0 aliphatic heterocycles. The minimum Gasteiger partial charge on any atom is -0.316 e. The van der Waals surface area contributed by atoms with E-state index in [1.807, 2.05) is 12.1 Å². The number of nitrogens with one attached hydrogen (secondary N) is 1. The molecule has 0 aromatic heterocycles. The zero-order valence-corrected chi connectivity index (χ0v) is 11.9. The predicted molar refractivity (Wildman–Crippen MR) is 76.4 cm³/mol. The summed E-state index contributed by atoms with van der Waals surface area (Å²) < 4.78 is 13.0. The average molecular weight is 251 g/mol. The smallest absolute Gasteiger partial charge is 0.123 e. The van der Waals surface area contributed by atoms with Crippen LogP contribution < -0.4 is 5.32 Å². The van der Waals surface area contributed by atoms with E-state index >= 15 is 0 Å². The van der Waals surface area contributed by atoms with E-state index in [1.54, 1.807) is 12.1 Å². The van der Waals surface area contributed by atoms with Crippen LogP contribution in [-0.2, 0) is 0 Å². The van der Waals surface area contributed by atoms with Crippen LogP contribution in [0.4, 0.5) is 4.39 Å². The maximum absolute atomic E-state index is 13.0. The lowest BCUT2D eigenvalue weighted by molar-refractivity contribution is 0.475. The molecule has 0 bridgehead atoms. The van der Waals surface area contributed by atoms with Gasteiger partial charge in [-0.1, -0.05) is 39.3 Å². The van der Waals surface area contributed by atoms with Gasteiger partial charge in [0, 0.05) is 6.54 Å². The second-order valence-corrected chi connectivity index (χ2v) is 5.42. The topological polar surface area (TPSA) is 12.0 Å². The van der Waals surface area contributed by atoms with E-state index in [9.17, 15) is 4.39 Å². The zero-order chi connectivity index (χ0) is 13.4. The van der Waals surface area contributed by atoms with Crippen LogP contribution in [0.5, 0.6) is 0 Å². The van der Waals surface area contributed by atoms with Crippen molar-refractivity contribution in [3.63, 3.8) is 0 Å². The fourth-order valence-corrected chi connectivity index (χ4v) is 2.11. The van der Waals surface area contributed by atoms with Gasteiger partial charge in [-0.2, -0.15) is 0 Å². The Hall–Kier alpha value is -0.890. The average Bonchev–Trinajstić information content (AvgIpc) is 2.34. The first-order chi connectivity index (χ1) is 8.63. The van der Waals surface area contributed by atoms with Crippen molar-refractivity contribution >= 4 is 0 Å². The van der Waals surface area contributed by atoms with E-state index in [1.165, 1.54) is 18.4 Å². The van der Waals surface area contributed by atoms with Gasteiger partial charge >= 0.3 is 0 Å². The lowest BCUT2D eigenvalue weighted by Gasteiger charge is -2.19. The summed E-state index contributed by atoms with van der Waals surface area (Å²) in [5, 5.41) is 3.48. The molecule has 0 spiro atoms. The van der Waals surface area contributed by atoms with Crippen molar-refractivity contribution in [2.45, 2.75) is 46.0 Å². The van der Waals surface area contributed by atoms with E-state index < -0.39 is 0 Å². The first kappa shape index (κ1) is 15.2. The molecule has 0 saturated heterocycles. The molecular formula is C16H26FN. The summed E-state index contributed by atoms with van der Waals surface area (Å²) in [6.07, 6.45) is 3.54. The molecule has 1 unspecified atom stereocenters. The Morgan fingerprint density at radius 3 is 2.33 bits per heavy atom. The molecule has 0 aliphatic rings. The largest absolute Gasteiger partial charge is 0.316 e. The van der Waals surface area contributed by atoms with Gasteiger partial charge in [0.25, 0.3) is 0 Å². The van der Waals surface area contributed by atoms with E-state index in [0.717, 1.165) is 25.4 Å². The highest BCUT2D eigenvalue weighted by Crippen LogP contribution is 2.23. The lowest BCUT2D eigenvalue weighted by atomic mass is 9.91. The van der Waals surface area contributed by atoms with Crippen LogP contribution in [0.15, 0.2) is 24.3 Å². The molecular weight excluding hydrogens is 225 g/mol. The molecule has 0 amide bonds. The summed E-state index contributed by atoms with van der Waals surface area (Å²) in [6, 6.07) is 6.98. The van der Waals surface area contributed by atoms with Crippen LogP contribution in [0, 0.1) is 11.7 Å². The van der Waals surface area contributed by atoms with Crippen LogP contribution in [-0.4, -0.2) is 13.1 Å². The standard InChI is InChI=1S/C16H26FN/c1-4-11-18-12-15(6-5-13(2)3)14-7-9-16(17)10-8-14/h7-10,13,15,18H,4-6,11-12H2,1-3H3. The van der Waals surface area contributed by atoms with Crippen molar-refractivity contribution in [3.05, 3.63) is 35.6 Å². The monoisotopic (exact) mass is 251 g/mol. The normalized spacial score (nSPS) is 12.9. The zero-order valence-electron chi connectivity index (χ0n) is 11.9. The first-order valence-electron chi connectivity index (χ1n) is 7.09. The van der Waals surface area contributed by atoms with Gasteiger partial charge in [0.1, 0.15) is 5.82 Å². The van der Waals surface area contributed by atoms with Gasteiger partial charge in [-0.25, -0.2) is 4.39 Å². The van der Waals surface area contributed by atoms with Crippen LogP contribution in [0.25, 0.3) is 0 Å². The maximum atomic E-state index is 13.0. The van der Waals surface area contributed by atoms with E-state index in [4.69, 9.17) is 0 Å². The Morgan fingerprint density at radius 1 is 1.11 bits per heavy atom. The molecule has 1 atom stereocenters. The third kappa shape index (κ3) is 5.63. The highest BCUT2D eigenvalue weighted by Gasteiger charge is 2.12. The Labute approximate surface area is 111 Å². The fraction of sp³-hybridized carbons (Fsp3) is 0.625. The molecule has 0 heterocycles. The molecule has 1 N–H and O–H groups in total. The molecule has 1 aromatic carbocycles. The van der Waals surface area contributed by atoms with Gasteiger partial charge in [0.15, 0.2) is 0 Å². The van der Waals surface area contributed by atoms with E-state index in [0.29, 0.717) is 5.92 Å². The number of rotatable bonds is 8. The van der Waals surface area contributed by atoms with Crippen molar-refractivity contribution < 1.29 is 4.39 Å². The number of hydrogen-bond acceptors (Lipinski definition) is 1. The Kier molecular flexibility index (Phi) is 6.96. The van der Waals surface area contributed by atoms with Crippen LogP contribution in [0.3, 0.4) is 0 Å². The second kappa shape index (κ2) is 8.25. The van der Waals surface area contributed by atoms with Gasteiger partial charge in [-0.3, -0.25) is 0 Å². The van der Waals surface area contributed by atoms with Crippen molar-refractivity contribution in [2.75, 3.05) is 13.1 Å². The lowest BCUT2D eigenvalue weighted by Crippen LogP contribution is -2.22. The molecule has 0 saturated carbocycles. The van der Waals surface area contributed by atoms with Crippen molar-refractivity contribution in [2.24, 2.45) is 5.92 Å². The molecule has 2 heteroatoms. The summed E-state index contributed by atoms with van der Waals surface area (Å²) >= 11 is 0. The molecule has 1 rings (SSSR count). The van der Waals surface area contributed by atoms with Gasteiger partial charge in [0.05, 0.1) is 0 Å². The van der Waals surface area contributed by atoms with Gasteiger partial charge in [0.2, 0.25) is 0 Å². The molecule has 0 radical (unpaired) electrons. The fourth-order valence-electron chi connectivity index (χ4n) is 2.11. The highest BCUT2D eigenvalue weighted by molar-refractivity contribution is 5.20. The number of halogens is 1. The predicted octanol–water partition coefficient (Wildman–Crippen LogP) is 4.35. The van der Waals surface area contributed by atoms with Gasteiger partial charge in [-0.05, 0) is 48.9 Å². The minimum atomic E-state index is -0.150. The van der Waals surface area contributed by atoms with Crippen LogP contribution >= 0.6 is 0 Å². The third-order valence-corrected chi connectivity index (χ3v) is 3.25. The Balaban J connectivity index is 2.60. The number of benzene rings is 1. The molecule has 0 fully saturated rings. The van der Waals surface area contributed by atoms with E-state index in [2.05, 4.69) is 26.1 Å².